The number of hydrogen-bond acceptors (Lipinski definition) is 1. The lowest BCUT2D eigenvalue weighted by atomic mass is 9.93. The van der Waals surface area contributed by atoms with Gasteiger partial charge >= 0.3 is 0 Å². The Labute approximate surface area is 101 Å². The fraction of sp³-hybridized carbons (Fsp3) is 0.538. The van der Waals surface area contributed by atoms with Crippen molar-refractivity contribution in [2.75, 3.05) is 7.11 Å². The van der Waals surface area contributed by atoms with Crippen LogP contribution in [0, 0.1) is 11.2 Å². The normalized spacial score (nSPS) is 19.2. The van der Waals surface area contributed by atoms with Gasteiger partial charge in [0.05, 0.1) is 7.11 Å². The first kappa shape index (κ1) is 11.7. The summed E-state index contributed by atoms with van der Waals surface area (Å²) in [7, 11) is 1.47. The Morgan fingerprint density at radius 2 is 2.19 bits per heavy atom. The molecular weight excluding hydrogens is 227 g/mol. The van der Waals surface area contributed by atoms with Crippen molar-refractivity contribution >= 4 is 11.6 Å². The van der Waals surface area contributed by atoms with Gasteiger partial charge in [0.25, 0.3) is 0 Å². The molecule has 1 aliphatic rings. The summed E-state index contributed by atoms with van der Waals surface area (Å²) in [5.41, 5.74) is 1.20. The molecule has 0 bridgehead atoms. The second-order valence-electron chi connectivity index (χ2n) is 4.62. The largest absolute Gasteiger partial charge is 0.494 e. The van der Waals surface area contributed by atoms with E-state index >= 15 is 0 Å². The molecule has 1 aromatic carbocycles. The summed E-state index contributed by atoms with van der Waals surface area (Å²) in [6, 6.07) is 5.15. The van der Waals surface area contributed by atoms with E-state index in [0.29, 0.717) is 5.75 Å². The smallest absolute Gasteiger partial charge is 0.165 e. The summed E-state index contributed by atoms with van der Waals surface area (Å²) in [5.74, 6) is 0.00513. The molecule has 1 saturated carbocycles. The molecule has 0 amide bonds. The fourth-order valence-electron chi connectivity index (χ4n) is 2.10. The lowest BCUT2D eigenvalue weighted by Gasteiger charge is -2.18. The molecule has 1 nitrogen and oxygen atoms in total. The highest BCUT2D eigenvalue weighted by molar-refractivity contribution is 6.21. The Bertz CT molecular complexity index is 386. The van der Waals surface area contributed by atoms with Gasteiger partial charge in [-0.3, -0.25) is 0 Å². The lowest BCUT2D eigenvalue weighted by molar-refractivity contribution is 0.385. The summed E-state index contributed by atoms with van der Waals surface area (Å²) in [5, 5.41) is 0.151. The predicted molar refractivity (Wildman–Crippen MR) is 63.6 cm³/mol. The van der Waals surface area contributed by atoms with Crippen LogP contribution in [0.1, 0.15) is 25.3 Å². The Hall–Kier alpha value is -0.760. The van der Waals surface area contributed by atoms with Gasteiger partial charge in [0, 0.05) is 5.38 Å². The van der Waals surface area contributed by atoms with Crippen molar-refractivity contribution in [2.45, 2.75) is 31.6 Å². The predicted octanol–water partition coefficient (Wildman–Crippen LogP) is 3.78. The summed E-state index contributed by atoms with van der Waals surface area (Å²) in [4.78, 5) is 0. The van der Waals surface area contributed by atoms with E-state index < -0.39 is 0 Å². The van der Waals surface area contributed by atoms with Crippen LogP contribution in [-0.4, -0.2) is 12.5 Å². The average molecular weight is 243 g/mol. The van der Waals surface area contributed by atoms with E-state index in [1.807, 2.05) is 13.0 Å². The third kappa shape index (κ3) is 2.17. The topological polar surface area (TPSA) is 9.23 Å². The minimum absolute atomic E-state index is 0.151. The molecule has 0 N–H and O–H groups in total. The highest BCUT2D eigenvalue weighted by atomic mass is 35.5. The molecule has 0 saturated heterocycles. The van der Waals surface area contributed by atoms with Crippen molar-refractivity contribution in [2.24, 2.45) is 5.41 Å². The van der Waals surface area contributed by atoms with Gasteiger partial charge in [0.15, 0.2) is 11.6 Å². The molecule has 0 radical (unpaired) electrons. The number of benzene rings is 1. The van der Waals surface area contributed by atoms with E-state index in [-0.39, 0.29) is 16.6 Å². The Morgan fingerprint density at radius 3 is 2.62 bits per heavy atom. The van der Waals surface area contributed by atoms with Gasteiger partial charge < -0.3 is 4.74 Å². The second-order valence-corrected chi connectivity index (χ2v) is 5.28. The van der Waals surface area contributed by atoms with E-state index in [4.69, 9.17) is 16.3 Å². The molecule has 1 fully saturated rings. The summed E-state index contributed by atoms with van der Waals surface area (Å²) >= 11 is 6.16. The van der Waals surface area contributed by atoms with Crippen LogP contribution in [-0.2, 0) is 6.42 Å². The number of methoxy groups -OCH3 is 1. The molecule has 1 atom stereocenters. The minimum Gasteiger partial charge on any atom is -0.494 e. The molecule has 1 unspecified atom stereocenters. The van der Waals surface area contributed by atoms with Gasteiger partial charge in [-0.15, -0.1) is 11.6 Å². The number of rotatable bonds is 4. The maximum Gasteiger partial charge on any atom is 0.165 e. The van der Waals surface area contributed by atoms with Gasteiger partial charge in [-0.1, -0.05) is 6.07 Å². The first-order valence-electron chi connectivity index (χ1n) is 5.54. The number of halogens is 2. The van der Waals surface area contributed by atoms with E-state index in [2.05, 4.69) is 0 Å². The van der Waals surface area contributed by atoms with Crippen LogP contribution in [0.4, 0.5) is 4.39 Å². The molecular formula is C13H16ClFO. The van der Waals surface area contributed by atoms with Crippen molar-refractivity contribution in [3.05, 3.63) is 29.6 Å². The quantitative estimate of drug-likeness (QED) is 0.730. The summed E-state index contributed by atoms with van der Waals surface area (Å²) in [6.45, 7) is 2.02. The molecule has 0 heterocycles. The maximum absolute atomic E-state index is 13.5. The minimum atomic E-state index is -0.293. The van der Waals surface area contributed by atoms with E-state index in [0.717, 1.165) is 24.8 Å². The molecule has 0 aromatic heterocycles. The summed E-state index contributed by atoms with van der Waals surface area (Å²) < 4.78 is 18.4. The zero-order valence-electron chi connectivity index (χ0n) is 9.59. The highest BCUT2D eigenvalue weighted by Crippen LogP contribution is 2.53. The van der Waals surface area contributed by atoms with E-state index in [9.17, 15) is 4.39 Å². The number of hydrogen-bond donors (Lipinski definition) is 0. The van der Waals surface area contributed by atoms with Crippen LogP contribution < -0.4 is 4.74 Å². The Morgan fingerprint density at radius 1 is 1.50 bits per heavy atom. The second kappa shape index (κ2) is 4.25. The lowest BCUT2D eigenvalue weighted by Crippen LogP contribution is -2.15. The molecule has 0 aliphatic heterocycles. The van der Waals surface area contributed by atoms with Gasteiger partial charge in [-0.05, 0) is 49.3 Å². The van der Waals surface area contributed by atoms with Crippen molar-refractivity contribution in [1.29, 1.82) is 0 Å². The third-order valence-electron chi connectivity index (χ3n) is 3.51. The van der Waals surface area contributed by atoms with Gasteiger partial charge in [-0.25, -0.2) is 4.39 Å². The standard InChI is InChI=1S/C13H16ClFO/c1-9(14)13(5-6-13)8-10-3-4-12(16-2)11(15)7-10/h3-4,7,9H,5-6,8H2,1-2H3. The molecule has 2 rings (SSSR count). The highest BCUT2D eigenvalue weighted by Gasteiger charge is 2.46. The van der Waals surface area contributed by atoms with Crippen LogP contribution >= 0.6 is 11.6 Å². The first-order chi connectivity index (χ1) is 7.57. The maximum atomic E-state index is 13.5. The van der Waals surface area contributed by atoms with Gasteiger partial charge in [-0.2, -0.15) is 0 Å². The van der Waals surface area contributed by atoms with Crippen LogP contribution in [0.2, 0.25) is 0 Å². The first-order valence-corrected chi connectivity index (χ1v) is 5.97. The zero-order valence-corrected chi connectivity index (χ0v) is 10.4. The van der Waals surface area contributed by atoms with Crippen LogP contribution in [0.3, 0.4) is 0 Å². The van der Waals surface area contributed by atoms with E-state index in [1.165, 1.54) is 7.11 Å². The van der Waals surface area contributed by atoms with Crippen molar-refractivity contribution in [1.82, 2.24) is 0 Å². The van der Waals surface area contributed by atoms with Crippen LogP contribution in [0.25, 0.3) is 0 Å². The molecule has 88 valence electrons. The van der Waals surface area contributed by atoms with E-state index in [1.54, 1.807) is 12.1 Å². The molecule has 1 aromatic rings. The van der Waals surface area contributed by atoms with Crippen molar-refractivity contribution in [3.63, 3.8) is 0 Å². The molecule has 1 aliphatic carbocycles. The van der Waals surface area contributed by atoms with Crippen LogP contribution in [0.15, 0.2) is 18.2 Å². The average Bonchev–Trinajstić information content (AvgIpc) is 2.99. The SMILES string of the molecule is COc1ccc(CC2(C(C)Cl)CC2)cc1F. The number of alkyl halides is 1. The third-order valence-corrected chi connectivity index (χ3v) is 3.97. The monoisotopic (exact) mass is 242 g/mol. The molecule has 3 heteroatoms. The molecule has 0 spiro atoms. The molecule has 16 heavy (non-hydrogen) atoms. The van der Waals surface area contributed by atoms with Gasteiger partial charge in [0.2, 0.25) is 0 Å². The van der Waals surface area contributed by atoms with Crippen molar-refractivity contribution in [3.8, 4) is 5.75 Å². The van der Waals surface area contributed by atoms with Crippen molar-refractivity contribution < 1.29 is 9.13 Å². The zero-order chi connectivity index (χ0) is 11.8. The summed E-state index contributed by atoms with van der Waals surface area (Å²) in [6.07, 6.45) is 3.15. The van der Waals surface area contributed by atoms with Gasteiger partial charge in [0.1, 0.15) is 0 Å². The number of ether oxygens (including phenoxy) is 1. The van der Waals surface area contributed by atoms with Crippen LogP contribution in [0.5, 0.6) is 5.75 Å². The Kier molecular flexibility index (Phi) is 3.11. The fourth-order valence-corrected chi connectivity index (χ4v) is 2.40. The Balaban J connectivity index is 2.14.